The molecular formula is C10H13N3O3. The normalized spacial score (nSPS) is 22.6. The summed E-state index contributed by atoms with van der Waals surface area (Å²) in [6.45, 7) is 1.52. The van der Waals surface area contributed by atoms with Crippen LogP contribution in [0.3, 0.4) is 0 Å². The molecule has 0 aromatic rings. The van der Waals surface area contributed by atoms with E-state index >= 15 is 0 Å². The Hall–Kier alpha value is -1.69. The molecule has 6 nitrogen and oxygen atoms in total. The summed E-state index contributed by atoms with van der Waals surface area (Å²) in [6, 6.07) is -0.659. The van der Waals surface area contributed by atoms with Gasteiger partial charge in [-0.1, -0.05) is 0 Å². The minimum Gasteiger partial charge on any atom is -0.316 e. The van der Waals surface area contributed by atoms with Crippen LogP contribution >= 0.6 is 0 Å². The maximum Gasteiger partial charge on any atom is 0.331 e. The molecule has 2 heterocycles. The van der Waals surface area contributed by atoms with Crippen molar-refractivity contribution in [3.05, 3.63) is 11.1 Å². The van der Waals surface area contributed by atoms with Crippen LogP contribution in [-0.4, -0.2) is 42.9 Å². The van der Waals surface area contributed by atoms with Gasteiger partial charge in [0.2, 0.25) is 0 Å². The van der Waals surface area contributed by atoms with Gasteiger partial charge in [0.25, 0.3) is 11.8 Å². The van der Waals surface area contributed by atoms with E-state index in [9.17, 15) is 14.4 Å². The summed E-state index contributed by atoms with van der Waals surface area (Å²) in [6.07, 6.45) is 1.35. The van der Waals surface area contributed by atoms with Crippen LogP contribution in [0.4, 0.5) is 4.79 Å². The van der Waals surface area contributed by atoms with E-state index in [2.05, 4.69) is 10.6 Å². The fourth-order valence-corrected chi connectivity index (χ4v) is 1.89. The maximum absolute atomic E-state index is 11.8. The minimum absolute atomic E-state index is 0.142. The van der Waals surface area contributed by atoms with E-state index in [1.807, 2.05) is 0 Å². The van der Waals surface area contributed by atoms with Gasteiger partial charge in [-0.2, -0.15) is 0 Å². The summed E-state index contributed by atoms with van der Waals surface area (Å²) in [4.78, 5) is 35.5. The fraction of sp³-hybridized carbons (Fsp3) is 0.500. The molecular weight excluding hydrogens is 210 g/mol. The Balaban J connectivity index is 2.35. The number of rotatable bonds is 0. The molecule has 2 fully saturated rings. The second-order valence-electron chi connectivity index (χ2n) is 3.85. The zero-order valence-electron chi connectivity index (χ0n) is 9.00. The van der Waals surface area contributed by atoms with Gasteiger partial charge in [0.05, 0.1) is 0 Å². The van der Waals surface area contributed by atoms with Crippen LogP contribution in [0.1, 0.15) is 12.8 Å². The molecule has 0 spiro atoms. The maximum atomic E-state index is 11.8. The highest BCUT2D eigenvalue weighted by atomic mass is 16.2. The Labute approximate surface area is 92.7 Å². The lowest BCUT2D eigenvalue weighted by molar-refractivity contribution is -0.129. The number of carbonyl (C=O) groups excluding carboxylic acids is 3. The topological polar surface area (TPSA) is 78.5 Å². The number of piperidine rings is 1. The number of nitrogens with one attached hydrogen (secondary N) is 2. The number of barbiturate groups is 1. The summed E-state index contributed by atoms with van der Waals surface area (Å²) in [5.74, 6) is -1.06. The highest BCUT2D eigenvalue weighted by Crippen LogP contribution is 2.19. The SMILES string of the molecule is CN1C(=O)NC(=O)C(=C2CCNCC2)C1=O. The average Bonchev–Trinajstić information content (AvgIpc) is 2.28. The molecule has 4 amide bonds. The predicted molar refractivity (Wildman–Crippen MR) is 55.4 cm³/mol. The number of hydrogen-bond donors (Lipinski definition) is 2. The van der Waals surface area contributed by atoms with E-state index in [-0.39, 0.29) is 5.57 Å². The lowest BCUT2D eigenvalue weighted by atomic mass is 9.96. The van der Waals surface area contributed by atoms with Gasteiger partial charge in [0.15, 0.2) is 0 Å². The molecule has 2 N–H and O–H groups in total. The number of urea groups is 1. The van der Waals surface area contributed by atoms with E-state index < -0.39 is 17.8 Å². The Bertz CT molecular complexity index is 392. The van der Waals surface area contributed by atoms with Crippen molar-refractivity contribution in [2.24, 2.45) is 0 Å². The zero-order chi connectivity index (χ0) is 11.7. The Morgan fingerprint density at radius 2 is 1.75 bits per heavy atom. The van der Waals surface area contributed by atoms with Crippen LogP contribution in [-0.2, 0) is 9.59 Å². The molecule has 0 atom stereocenters. The van der Waals surface area contributed by atoms with E-state index in [0.717, 1.165) is 23.6 Å². The molecule has 0 aliphatic carbocycles. The Morgan fingerprint density at radius 1 is 1.12 bits per heavy atom. The molecule has 0 aromatic carbocycles. The van der Waals surface area contributed by atoms with E-state index in [1.165, 1.54) is 7.05 Å². The van der Waals surface area contributed by atoms with Crippen LogP contribution in [0.2, 0.25) is 0 Å². The second-order valence-corrected chi connectivity index (χ2v) is 3.85. The van der Waals surface area contributed by atoms with Gasteiger partial charge in [-0.3, -0.25) is 19.8 Å². The van der Waals surface area contributed by atoms with Crippen LogP contribution in [0.25, 0.3) is 0 Å². The molecule has 0 saturated carbocycles. The zero-order valence-corrected chi connectivity index (χ0v) is 9.00. The van der Waals surface area contributed by atoms with E-state index in [0.29, 0.717) is 12.8 Å². The summed E-state index contributed by atoms with van der Waals surface area (Å²) in [7, 11) is 1.37. The molecule has 0 bridgehead atoms. The number of carbonyl (C=O) groups is 3. The first kappa shape index (κ1) is 10.8. The van der Waals surface area contributed by atoms with Crippen molar-refractivity contribution in [1.29, 1.82) is 0 Å². The summed E-state index contributed by atoms with van der Waals surface area (Å²) < 4.78 is 0. The average molecular weight is 223 g/mol. The van der Waals surface area contributed by atoms with Gasteiger partial charge in [0.1, 0.15) is 5.57 Å². The van der Waals surface area contributed by atoms with E-state index in [1.54, 1.807) is 0 Å². The first-order chi connectivity index (χ1) is 7.61. The van der Waals surface area contributed by atoms with E-state index in [4.69, 9.17) is 0 Å². The molecule has 2 saturated heterocycles. The van der Waals surface area contributed by atoms with Crippen molar-refractivity contribution in [3.8, 4) is 0 Å². The summed E-state index contributed by atoms with van der Waals surface area (Å²) in [5, 5.41) is 5.30. The number of hydrogen-bond acceptors (Lipinski definition) is 4. The van der Waals surface area contributed by atoms with Crippen molar-refractivity contribution in [3.63, 3.8) is 0 Å². The third kappa shape index (κ3) is 1.71. The first-order valence-electron chi connectivity index (χ1n) is 5.17. The molecule has 2 rings (SSSR count). The minimum atomic E-state index is -0.659. The van der Waals surface area contributed by atoms with Gasteiger partial charge >= 0.3 is 6.03 Å². The van der Waals surface area contributed by atoms with Gasteiger partial charge in [-0.15, -0.1) is 0 Å². The predicted octanol–water partition coefficient (Wildman–Crippen LogP) is -0.625. The molecule has 6 heteroatoms. The quantitative estimate of drug-likeness (QED) is 0.423. The number of amides is 4. The molecule has 86 valence electrons. The third-order valence-corrected chi connectivity index (χ3v) is 2.83. The van der Waals surface area contributed by atoms with Crippen molar-refractivity contribution in [2.45, 2.75) is 12.8 Å². The lowest BCUT2D eigenvalue weighted by Gasteiger charge is -2.26. The molecule has 2 aliphatic heterocycles. The number of imide groups is 2. The smallest absolute Gasteiger partial charge is 0.316 e. The van der Waals surface area contributed by atoms with Gasteiger partial charge in [-0.05, 0) is 31.5 Å². The fourth-order valence-electron chi connectivity index (χ4n) is 1.89. The second kappa shape index (κ2) is 4.05. The Kier molecular flexibility index (Phi) is 2.74. The molecule has 0 aromatic heterocycles. The van der Waals surface area contributed by atoms with Crippen molar-refractivity contribution in [1.82, 2.24) is 15.5 Å². The van der Waals surface area contributed by atoms with Gasteiger partial charge in [-0.25, -0.2) is 4.79 Å². The van der Waals surface area contributed by atoms with Crippen LogP contribution in [0.15, 0.2) is 11.1 Å². The standard InChI is InChI=1S/C10H13N3O3/c1-13-9(15)7(8(14)12-10(13)16)6-2-4-11-5-3-6/h11H,2-5H2,1H3,(H,12,14,16). The van der Waals surface area contributed by atoms with Crippen LogP contribution < -0.4 is 10.6 Å². The van der Waals surface area contributed by atoms with Gasteiger partial charge in [0, 0.05) is 7.05 Å². The summed E-state index contributed by atoms with van der Waals surface area (Å²) >= 11 is 0. The van der Waals surface area contributed by atoms with Crippen molar-refractivity contribution in [2.75, 3.05) is 20.1 Å². The highest BCUT2D eigenvalue weighted by Gasteiger charge is 2.35. The highest BCUT2D eigenvalue weighted by molar-refractivity contribution is 6.29. The van der Waals surface area contributed by atoms with Crippen LogP contribution in [0.5, 0.6) is 0 Å². The van der Waals surface area contributed by atoms with Crippen molar-refractivity contribution >= 4 is 17.8 Å². The monoisotopic (exact) mass is 223 g/mol. The number of likely N-dealkylation sites (N-methyl/N-ethyl adjacent to an activating group) is 1. The van der Waals surface area contributed by atoms with Crippen LogP contribution in [0, 0.1) is 0 Å². The molecule has 0 unspecified atom stereocenters. The third-order valence-electron chi connectivity index (χ3n) is 2.83. The number of nitrogens with zero attached hydrogens (tertiary/aromatic N) is 1. The lowest BCUT2D eigenvalue weighted by Crippen LogP contribution is -2.53. The van der Waals surface area contributed by atoms with Crippen molar-refractivity contribution < 1.29 is 14.4 Å². The first-order valence-corrected chi connectivity index (χ1v) is 5.17. The van der Waals surface area contributed by atoms with Gasteiger partial charge < -0.3 is 5.32 Å². The largest absolute Gasteiger partial charge is 0.331 e. The molecule has 2 aliphatic rings. The molecule has 0 radical (unpaired) electrons. The Morgan fingerprint density at radius 3 is 2.38 bits per heavy atom. The summed E-state index contributed by atoms with van der Waals surface area (Å²) in [5.41, 5.74) is 0.976. The molecule has 16 heavy (non-hydrogen) atoms.